The second-order valence-electron chi connectivity index (χ2n) is 4.80. The van der Waals surface area contributed by atoms with Crippen LogP contribution in [0.1, 0.15) is 32.3 Å². The maximum Gasteiger partial charge on any atom is 0.219 e. The average molecular weight is 280 g/mol. The molecule has 2 N–H and O–H groups in total. The molecule has 0 aliphatic heterocycles. The number of amides is 1. The van der Waals surface area contributed by atoms with Gasteiger partial charge in [-0.15, -0.1) is 11.8 Å². The molecule has 1 rings (SSSR count). The number of carbonyl (C=O) groups is 1. The molecule has 3 nitrogen and oxygen atoms in total. The third kappa shape index (κ3) is 7.23. The zero-order valence-corrected chi connectivity index (χ0v) is 12.8. The maximum absolute atomic E-state index is 11.1. The summed E-state index contributed by atoms with van der Waals surface area (Å²) >= 11 is 1.81. The van der Waals surface area contributed by atoms with Crippen LogP contribution < -0.4 is 10.6 Å². The molecule has 0 aliphatic carbocycles. The molecule has 0 spiro atoms. The summed E-state index contributed by atoms with van der Waals surface area (Å²) in [6.07, 6.45) is 1.53. The SMILES string of the molecule is CNC(=O)CCCSc1ccc(CNC(C)C)cc1. The topological polar surface area (TPSA) is 41.1 Å². The van der Waals surface area contributed by atoms with E-state index in [1.807, 2.05) is 0 Å². The second-order valence-corrected chi connectivity index (χ2v) is 5.97. The Bertz CT molecular complexity index is 376. The van der Waals surface area contributed by atoms with Crippen molar-refractivity contribution in [3.05, 3.63) is 29.8 Å². The van der Waals surface area contributed by atoms with Crippen LogP contribution in [0.15, 0.2) is 29.2 Å². The summed E-state index contributed by atoms with van der Waals surface area (Å²) in [5.41, 5.74) is 1.31. The largest absolute Gasteiger partial charge is 0.359 e. The molecule has 0 fully saturated rings. The van der Waals surface area contributed by atoms with Crippen molar-refractivity contribution in [2.75, 3.05) is 12.8 Å². The molecule has 19 heavy (non-hydrogen) atoms. The van der Waals surface area contributed by atoms with Crippen molar-refractivity contribution in [3.8, 4) is 0 Å². The lowest BCUT2D eigenvalue weighted by Gasteiger charge is -2.08. The van der Waals surface area contributed by atoms with E-state index >= 15 is 0 Å². The standard InChI is InChI=1S/C15H24N2OS/c1-12(2)17-11-13-6-8-14(9-7-13)19-10-4-5-15(18)16-3/h6-9,12,17H,4-5,10-11H2,1-3H3,(H,16,18). The highest BCUT2D eigenvalue weighted by atomic mass is 32.2. The Morgan fingerprint density at radius 2 is 1.95 bits per heavy atom. The number of hydrogen-bond acceptors (Lipinski definition) is 3. The number of carbonyl (C=O) groups excluding carboxylic acids is 1. The predicted molar refractivity (Wildman–Crippen MR) is 82.4 cm³/mol. The fourth-order valence-electron chi connectivity index (χ4n) is 1.57. The molecule has 0 heterocycles. The summed E-state index contributed by atoms with van der Waals surface area (Å²) < 4.78 is 0. The Kier molecular flexibility index (Phi) is 7.60. The maximum atomic E-state index is 11.1. The molecule has 4 heteroatoms. The van der Waals surface area contributed by atoms with Gasteiger partial charge in [-0.2, -0.15) is 0 Å². The van der Waals surface area contributed by atoms with Crippen LogP contribution in [0.5, 0.6) is 0 Å². The van der Waals surface area contributed by atoms with Gasteiger partial charge in [0.05, 0.1) is 0 Å². The van der Waals surface area contributed by atoms with Crippen molar-refractivity contribution in [2.45, 2.75) is 44.2 Å². The van der Waals surface area contributed by atoms with E-state index in [0.717, 1.165) is 18.7 Å². The molecular weight excluding hydrogens is 256 g/mol. The van der Waals surface area contributed by atoms with Gasteiger partial charge in [-0.3, -0.25) is 4.79 Å². The van der Waals surface area contributed by atoms with Crippen molar-refractivity contribution in [1.29, 1.82) is 0 Å². The molecule has 1 aromatic rings. The summed E-state index contributed by atoms with van der Waals surface area (Å²) in [5.74, 6) is 1.10. The Morgan fingerprint density at radius 3 is 2.53 bits per heavy atom. The molecule has 106 valence electrons. The summed E-state index contributed by atoms with van der Waals surface area (Å²) in [6.45, 7) is 5.21. The van der Waals surface area contributed by atoms with Gasteiger partial charge in [0.2, 0.25) is 5.91 Å². The molecule has 0 aromatic heterocycles. The van der Waals surface area contributed by atoms with Gasteiger partial charge in [0, 0.05) is 31.0 Å². The molecular formula is C15H24N2OS. The van der Waals surface area contributed by atoms with Crippen molar-refractivity contribution >= 4 is 17.7 Å². The Morgan fingerprint density at radius 1 is 1.26 bits per heavy atom. The van der Waals surface area contributed by atoms with Gasteiger partial charge in [0.15, 0.2) is 0 Å². The molecule has 0 saturated heterocycles. The van der Waals surface area contributed by atoms with E-state index in [0.29, 0.717) is 12.5 Å². The molecule has 0 unspecified atom stereocenters. The first kappa shape index (κ1) is 16.1. The van der Waals surface area contributed by atoms with E-state index in [2.05, 4.69) is 48.7 Å². The molecule has 0 atom stereocenters. The quantitative estimate of drug-likeness (QED) is 0.568. The second kappa shape index (κ2) is 8.99. The van der Waals surface area contributed by atoms with Gasteiger partial charge in [-0.1, -0.05) is 26.0 Å². The number of thioether (sulfide) groups is 1. The Hall–Kier alpha value is -1.00. The minimum atomic E-state index is 0.121. The van der Waals surface area contributed by atoms with Gasteiger partial charge in [0.25, 0.3) is 0 Å². The number of nitrogens with one attached hydrogen (secondary N) is 2. The minimum Gasteiger partial charge on any atom is -0.359 e. The molecule has 0 radical (unpaired) electrons. The predicted octanol–water partition coefficient (Wildman–Crippen LogP) is 2.80. The smallest absolute Gasteiger partial charge is 0.219 e. The molecule has 0 saturated carbocycles. The van der Waals surface area contributed by atoms with E-state index in [-0.39, 0.29) is 5.91 Å². The highest BCUT2D eigenvalue weighted by Crippen LogP contribution is 2.19. The lowest BCUT2D eigenvalue weighted by molar-refractivity contribution is -0.120. The summed E-state index contributed by atoms with van der Waals surface area (Å²) in [6, 6.07) is 9.15. The van der Waals surface area contributed by atoms with Crippen LogP contribution in [0, 0.1) is 0 Å². The van der Waals surface area contributed by atoms with Crippen LogP contribution >= 0.6 is 11.8 Å². The third-order valence-electron chi connectivity index (χ3n) is 2.73. The van der Waals surface area contributed by atoms with Crippen molar-refractivity contribution in [2.24, 2.45) is 0 Å². The van der Waals surface area contributed by atoms with E-state index in [4.69, 9.17) is 0 Å². The fourth-order valence-corrected chi connectivity index (χ4v) is 2.43. The van der Waals surface area contributed by atoms with Gasteiger partial charge in [-0.05, 0) is 29.9 Å². The Labute approximate surface area is 120 Å². The van der Waals surface area contributed by atoms with E-state index in [1.54, 1.807) is 18.8 Å². The van der Waals surface area contributed by atoms with Crippen molar-refractivity contribution in [1.82, 2.24) is 10.6 Å². The zero-order chi connectivity index (χ0) is 14.1. The van der Waals surface area contributed by atoms with Gasteiger partial charge >= 0.3 is 0 Å². The van der Waals surface area contributed by atoms with Crippen molar-refractivity contribution < 1.29 is 4.79 Å². The van der Waals surface area contributed by atoms with Crippen LogP contribution in [0.2, 0.25) is 0 Å². The first-order valence-corrected chi connectivity index (χ1v) is 7.76. The van der Waals surface area contributed by atoms with Crippen LogP contribution in [0.4, 0.5) is 0 Å². The van der Waals surface area contributed by atoms with Crippen LogP contribution in [0.25, 0.3) is 0 Å². The average Bonchev–Trinajstić information content (AvgIpc) is 2.42. The molecule has 0 bridgehead atoms. The number of hydrogen-bond donors (Lipinski definition) is 2. The van der Waals surface area contributed by atoms with Gasteiger partial charge in [0.1, 0.15) is 0 Å². The van der Waals surface area contributed by atoms with Gasteiger partial charge in [-0.25, -0.2) is 0 Å². The van der Waals surface area contributed by atoms with Crippen molar-refractivity contribution in [3.63, 3.8) is 0 Å². The number of benzene rings is 1. The van der Waals surface area contributed by atoms with Crippen LogP contribution in [-0.2, 0) is 11.3 Å². The molecule has 1 amide bonds. The summed E-state index contributed by atoms with van der Waals surface area (Å²) in [7, 11) is 1.68. The first-order valence-electron chi connectivity index (χ1n) is 6.77. The van der Waals surface area contributed by atoms with Crippen LogP contribution in [-0.4, -0.2) is 24.7 Å². The minimum absolute atomic E-state index is 0.121. The molecule has 0 aliphatic rings. The zero-order valence-electron chi connectivity index (χ0n) is 12.0. The third-order valence-corrected chi connectivity index (χ3v) is 3.83. The lowest BCUT2D eigenvalue weighted by atomic mass is 10.2. The fraction of sp³-hybridized carbons (Fsp3) is 0.533. The van der Waals surface area contributed by atoms with E-state index < -0.39 is 0 Å². The van der Waals surface area contributed by atoms with Gasteiger partial charge < -0.3 is 10.6 Å². The molecule has 1 aromatic carbocycles. The monoisotopic (exact) mass is 280 g/mol. The first-order chi connectivity index (χ1) is 9.11. The normalized spacial score (nSPS) is 10.7. The van der Waals surface area contributed by atoms with Crippen LogP contribution in [0.3, 0.4) is 0 Å². The Balaban J connectivity index is 2.26. The summed E-state index contributed by atoms with van der Waals surface area (Å²) in [4.78, 5) is 12.3. The van der Waals surface area contributed by atoms with E-state index in [1.165, 1.54) is 10.5 Å². The van der Waals surface area contributed by atoms with E-state index in [9.17, 15) is 4.79 Å². The number of rotatable bonds is 8. The lowest BCUT2D eigenvalue weighted by Crippen LogP contribution is -2.21. The summed E-state index contributed by atoms with van der Waals surface area (Å²) in [5, 5.41) is 6.04. The highest BCUT2D eigenvalue weighted by Gasteiger charge is 2.00. The highest BCUT2D eigenvalue weighted by molar-refractivity contribution is 7.99.